The molecule has 27 heavy (non-hydrogen) atoms. The largest absolute Gasteiger partial charge is 0.508 e. The molecular formula is C22H28F3OP. The van der Waals surface area contributed by atoms with Crippen LogP contribution in [0.1, 0.15) is 69.6 Å². The highest BCUT2D eigenvalue weighted by Gasteiger charge is 2.36. The van der Waals surface area contributed by atoms with E-state index in [-0.39, 0.29) is 19.6 Å². The van der Waals surface area contributed by atoms with Crippen LogP contribution < -0.4 is 5.30 Å². The zero-order chi connectivity index (χ0) is 20.2. The van der Waals surface area contributed by atoms with E-state index in [0.29, 0.717) is 17.9 Å². The second-order valence-corrected chi connectivity index (χ2v) is 9.21. The molecule has 148 valence electrons. The summed E-state index contributed by atoms with van der Waals surface area (Å²) in [6.45, 7) is 8.13. The Hall–Kier alpha value is -1.54. The lowest BCUT2D eigenvalue weighted by atomic mass is 9.91. The van der Waals surface area contributed by atoms with E-state index in [4.69, 9.17) is 0 Å². The van der Waals surface area contributed by atoms with Gasteiger partial charge in [0, 0.05) is 10.7 Å². The zero-order valence-electron chi connectivity index (χ0n) is 16.3. The van der Waals surface area contributed by atoms with Gasteiger partial charge in [0.15, 0.2) is 0 Å². The maximum absolute atomic E-state index is 13.4. The Labute approximate surface area is 161 Å². The molecule has 0 aromatic heterocycles. The number of benzene rings is 2. The monoisotopic (exact) mass is 396 g/mol. The molecule has 2 aromatic carbocycles. The second kappa shape index (κ2) is 8.65. The minimum Gasteiger partial charge on any atom is -0.508 e. The molecule has 2 rings (SSSR count). The lowest BCUT2D eigenvalue weighted by molar-refractivity contribution is -0.136. The Bertz CT molecular complexity index is 772. The van der Waals surface area contributed by atoms with Crippen LogP contribution in [-0.4, -0.2) is 5.11 Å². The third-order valence-corrected chi connectivity index (χ3v) is 7.14. The van der Waals surface area contributed by atoms with Crippen LogP contribution in [0.15, 0.2) is 42.5 Å². The number of hydrogen-bond acceptors (Lipinski definition) is 1. The highest BCUT2D eigenvalue weighted by Crippen LogP contribution is 2.49. The van der Waals surface area contributed by atoms with Crippen molar-refractivity contribution in [3.8, 4) is 5.75 Å². The SMILES string of the molecule is CCCC(C)c1ccc(C(C)(CC)Pc2ccccc2C(F)(F)F)c(O)c1. The van der Waals surface area contributed by atoms with Crippen molar-refractivity contribution in [2.75, 3.05) is 0 Å². The average molecular weight is 396 g/mol. The Balaban J connectivity index is 2.41. The quantitative estimate of drug-likeness (QED) is 0.503. The van der Waals surface area contributed by atoms with Crippen LogP contribution in [0.25, 0.3) is 0 Å². The molecule has 3 unspecified atom stereocenters. The van der Waals surface area contributed by atoms with Crippen LogP contribution in [0.3, 0.4) is 0 Å². The summed E-state index contributed by atoms with van der Waals surface area (Å²) in [6, 6.07) is 11.4. The maximum atomic E-state index is 13.4. The molecule has 2 aromatic rings. The van der Waals surface area contributed by atoms with Crippen LogP contribution >= 0.6 is 8.58 Å². The Morgan fingerprint density at radius 1 is 1.04 bits per heavy atom. The minimum absolute atomic E-state index is 0.0936. The Morgan fingerprint density at radius 2 is 1.70 bits per heavy atom. The lowest BCUT2D eigenvalue weighted by Crippen LogP contribution is -2.23. The number of phenols is 1. The van der Waals surface area contributed by atoms with E-state index in [0.717, 1.165) is 24.5 Å². The van der Waals surface area contributed by atoms with Gasteiger partial charge >= 0.3 is 6.18 Å². The summed E-state index contributed by atoms with van der Waals surface area (Å²) in [5.41, 5.74) is 1.19. The van der Waals surface area contributed by atoms with Crippen molar-refractivity contribution in [2.45, 2.75) is 64.2 Å². The molecule has 0 saturated heterocycles. The highest BCUT2D eigenvalue weighted by molar-refractivity contribution is 7.48. The van der Waals surface area contributed by atoms with Crippen LogP contribution in [0.5, 0.6) is 5.75 Å². The first-order valence-electron chi connectivity index (χ1n) is 9.40. The van der Waals surface area contributed by atoms with E-state index in [1.54, 1.807) is 18.2 Å². The highest BCUT2D eigenvalue weighted by atomic mass is 31.1. The predicted octanol–water partition coefficient (Wildman–Crippen LogP) is 6.94. The van der Waals surface area contributed by atoms with Crippen molar-refractivity contribution in [3.63, 3.8) is 0 Å². The van der Waals surface area contributed by atoms with E-state index in [1.165, 1.54) is 6.07 Å². The van der Waals surface area contributed by atoms with E-state index in [9.17, 15) is 18.3 Å². The molecule has 0 fully saturated rings. The smallest absolute Gasteiger partial charge is 0.417 e. The molecule has 0 aliphatic heterocycles. The van der Waals surface area contributed by atoms with Gasteiger partial charge in [-0.15, -0.1) is 0 Å². The number of halogens is 3. The normalized spacial score (nSPS) is 15.8. The van der Waals surface area contributed by atoms with E-state index in [1.807, 2.05) is 26.0 Å². The number of rotatable bonds is 7. The van der Waals surface area contributed by atoms with Crippen molar-refractivity contribution in [3.05, 3.63) is 59.2 Å². The molecule has 0 bridgehead atoms. The van der Waals surface area contributed by atoms with Gasteiger partial charge in [-0.3, -0.25) is 0 Å². The number of phenolic OH excluding ortho intramolecular Hbond substituents is 1. The van der Waals surface area contributed by atoms with E-state index < -0.39 is 16.9 Å². The zero-order valence-corrected chi connectivity index (χ0v) is 17.3. The van der Waals surface area contributed by atoms with Crippen LogP contribution in [-0.2, 0) is 11.3 Å². The van der Waals surface area contributed by atoms with Gasteiger partial charge in [0.25, 0.3) is 0 Å². The summed E-state index contributed by atoms with van der Waals surface area (Å²) in [7, 11) is -0.0936. The molecule has 0 spiro atoms. The molecule has 0 radical (unpaired) electrons. The molecule has 0 amide bonds. The molecule has 0 heterocycles. The Morgan fingerprint density at radius 3 is 2.26 bits per heavy atom. The predicted molar refractivity (Wildman–Crippen MR) is 108 cm³/mol. The van der Waals surface area contributed by atoms with Gasteiger partial charge in [-0.2, -0.15) is 13.2 Å². The molecular weight excluding hydrogens is 368 g/mol. The molecule has 1 N–H and O–H groups in total. The fourth-order valence-electron chi connectivity index (χ4n) is 3.40. The van der Waals surface area contributed by atoms with E-state index in [2.05, 4.69) is 13.8 Å². The Kier molecular flexibility index (Phi) is 6.97. The van der Waals surface area contributed by atoms with Crippen molar-refractivity contribution >= 4 is 13.9 Å². The van der Waals surface area contributed by atoms with Gasteiger partial charge in [-0.25, -0.2) is 0 Å². The van der Waals surface area contributed by atoms with Crippen molar-refractivity contribution < 1.29 is 18.3 Å². The van der Waals surface area contributed by atoms with Crippen LogP contribution in [0.2, 0.25) is 0 Å². The van der Waals surface area contributed by atoms with Gasteiger partial charge in [0.2, 0.25) is 0 Å². The fraction of sp³-hybridized carbons (Fsp3) is 0.455. The summed E-state index contributed by atoms with van der Waals surface area (Å²) in [6.07, 6.45) is -1.65. The number of hydrogen-bond donors (Lipinski definition) is 1. The van der Waals surface area contributed by atoms with Gasteiger partial charge in [-0.05, 0) is 41.8 Å². The summed E-state index contributed by atoms with van der Waals surface area (Å²) in [5, 5.41) is 10.4. The van der Waals surface area contributed by atoms with Crippen LogP contribution in [0, 0.1) is 0 Å². The van der Waals surface area contributed by atoms with Gasteiger partial charge in [0.1, 0.15) is 5.75 Å². The molecule has 3 atom stereocenters. The van der Waals surface area contributed by atoms with Crippen molar-refractivity contribution in [1.82, 2.24) is 0 Å². The molecule has 0 aliphatic carbocycles. The van der Waals surface area contributed by atoms with Gasteiger partial charge < -0.3 is 5.11 Å². The summed E-state index contributed by atoms with van der Waals surface area (Å²) >= 11 is 0. The number of aromatic hydroxyl groups is 1. The standard InChI is InChI=1S/C22H28F3OP/c1-5-9-15(3)16-12-13-17(19(26)14-16)21(4,6-2)27-20-11-8-7-10-18(20)22(23,24)25/h7-8,10-15,26-27H,5-6,9H2,1-4H3. The first-order chi connectivity index (χ1) is 12.6. The van der Waals surface area contributed by atoms with Crippen LogP contribution in [0.4, 0.5) is 13.2 Å². The van der Waals surface area contributed by atoms with E-state index >= 15 is 0 Å². The topological polar surface area (TPSA) is 20.2 Å². The van der Waals surface area contributed by atoms with Crippen molar-refractivity contribution in [2.24, 2.45) is 0 Å². The summed E-state index contributed by atoms with van der Waals surface area (Å²) < 4.78 is 40.1. The summed E-state index contributed by atoms with van der Waals surface area (Å²) in [4.78, 5) is 0. The average Bonchev–Trinajstić information content (AvgIpc) is 2.61. The maximum Gasteiger partial charge on any atom is 0.417 e. The summed E-state index contributed by atoms with van der Waals surface area (Å²) in [5.74, 6) is 0.521. The first-order valence-corrected chi connectivity index (χ1v) is 10.4. The molecule has 0 saturated carbocycles. The third kappa shape index (κ3) is 5.04. The second-order valence-electron chi connectivity index (χ2n) is 7.32. The first kappa shape index (κ1) is 21.8. The lowest BCUT2D eigenvalue weighted by Gasteiger charge is -2.31. The van der Waals surface area contributed by atoms with Gasteiger partial charge in [0.05, 0.1) is 5.56 Å². The number of alkyl halides is 3. The van der Waals surface area contributed by atoms with Crippen molar-refractivity contribution in [1.29, 1.82) is 0 Å². The minimum atomic E-state index is -4.38. The third-order valence-electron chi connectivity index (χ3n) is 5.26. The van der Waals surface area contributed by atoms with Gasteiger partial charge in [-0.1, -0.05) is 73.0 Å². The molecule has 1 nitrogen and oxygen atoms in total. The fourth-order valence-corrected chi connectivity index (χ4v) is 5.06. The molecule has 5 heteroatoms. The molecule has 0 aliphatic rings.